The van der Waals surface area contributed by atoms with Crippen LogP contribution in [-0.4, -0.2) is 50.6 Å². The Bertz CT molecular complexity index is 1050. The minimum atomic E-state index is -0.644. The quantitative estimate of drug-likeness (QED) is 0.218. The first kappa shape index (κ1) is 24.5. The summed E-state index contributed by atoms with van der Waals surface area (Å²) in [6.07, 6.45) is 8.73. The highest BCUT2D eigenvalue weighted by Crippen LogP contribution is 2.49. The molecule has 0 aromatic heterocycles. The van der Waals surface area contributed by atoms with Crippen LogP contribution in [0.1, 0.15) is 39.2 Å². The van der Waals surface area contributed by atoms with Gasteiger partial charge in [0.2, 0.25) is 5.91 Å². The van der Waals surface area contributed by atoms with Gasteiger partial charge in [0, 0.05) is 26.4 Å². The van der Waals surface area contributed by atoms with Crippen LogP contribution >= 0.6 is 0 Å². The number of ether oxygens (including phenoxy) is 1. The molecule has 2 aliphatic rings. The third-order valence-electron chi connectivity index (χ3n) is 6.53. The van der Waals surface area contributed by atoms with Crippen molar-refractivity contribution in [3.05, 3.63) is 65.5 Å². The zero-order valence-electron chi connectivity index (χ0n) is 20.3. The molecule has 0 radical (unpaired) electrons. The number of fused-ring (bicyclic) bond motifs is 2. The van der Waals surface area contributed by atoms with Gasteiger partial charge in [0.05, 0.1) is 30.8 Å². The number of nitrogens with zero attached hydrogens (tertiary/aromatic N) is 3. The summed E-state index contributed by atoms with van der Waals surface area (Å²) in [4.78, 5) is 20.2. The van der Waals surface area contributed by atoms with E-state index in [0.717, 1.165) is 22.4 Å². The van der Waals surface area contributed by atoms with E-state index >= 15 is 0 Å². The van der Waals surface area contributed by atoms with Crippen LogP contribution < -0.4 is 16.1 Å². The van der Waals surface area contributed by atoms with Crippen LogP contribution in [0, 0.1) is 6.92 Å². The molecule has 1 fully saturated rings. The number of hydrogen-bond donors (Lipinski definition) is 2. The maximum absolute atomic E-state index is 14.2. The van der Waals surface area contributed by atoms with E-state index in [0.29, 0.717) is 30.9 Å². The second kappa shape index (κ2) is 10.2. The molecule has 0 unspecified atom stereocenters. The predicted molar refractivity (Wildman–Crippen MR) is 138 cm³/mol. The van der Waals surface area contributed by atoms with E-state index < -0.39 is 5.41 Å². The molecule has 1 aromatic rings. The van der Waals surface area contributed by atoms with E-state index in [9.17, 15) is 4.79 Å². The molecule has 1 saturated heterocycles. The van der Waals surface area contributed by atoms with Crippen LogP contribution in [0.25, 0.3) is 0 Å². The number of methoxy groups -OCH3 is 1. The molecule has 3 atom stereocenters. The van der Waals surface area contributed by atoms with Gasteiger partial charge in [-0.2, -0.15) is 5.10 Å². The zero-order valence-corrected chi connectivity index (χ0v) is 20.3. The van der Waals surface area contributed by atoms with Gasteiger partial charge >= 0.3 is 0 Å². The Kier molecular flexibility index (Phi) is 7.53. The summed E-state index contributed by atoms with van der Waals surface area (Å²) < 4.78 is 5.15. The van der Waals surface area contributed by atoms with Crippen molar-refractivity contribution in [1.82, 2.24) is 5.32 Å². The fourth-order valence-electron chi connectivity index (χ4n) is 4.95. The molecular weight excluding hydrogens is 414 g/mol. The van der Waals surface area contributed by atoms with Crippen molar-refractivity contribution in [2.75, 3.05) is 25.6 Å². The van der Waals surface area contributed by atoms with Gasteiger partial charge in [0.15, 0.2) is 0 Å². The molecule has 3 rings (SSSR count). The lowest BCUT2D eigenvalue weighted by Gasteiger charge is -2.41. The maximum atomic E-state index is 14.2. The van der Waals surface area contributed by atoms with Crippen molar-refractivity contribution < 1.29 is 11.0 Å². The highest BCUT2D eigenvalue weighted by atomic mass is 16.5. The fourth-order valence-corrected chi connectivity index (χ4v) is 4.95. The lowest BCUT2D eigenvalue weighted by molar-refractivity contribution is -0.124. The Morgan fingerprint density at radius 1 is 1.42 bits per heavy atom. The molecule has 3 N–H and O–H groups in total. The van der Waals surface area contributed by atoms with Gasteiger partial charge in [-0.05, 0) is 62.5 Å². The van der Waals surface area contributed by atoms with E-state index in [4.69, 9.17) is 10.6 Å². The van der Waals surface area contributed by atoms with E-state index in [-0.39, 0.29) is 19.4 Å². The molecular formula is C26H37N5O2. The van der Waals surface area contributed by atoms with Crippen LogP contribution in [-0.2, 0) is 14.9 Å². The van der Waals surface area contributed by atoms with Gasteiger partial charge in [-0.1, -0.05) is 30.9 Å². The number of nitrogens with two attached hydrogens (primary N) is 1. The Hall–Kier alpha value is -3.19. The van der Waals surface area contributed by atoms with Crippen molar-refractivity contribution in [2.24, 2.45) is 15.9 Å². The minimum Gasteiger partial charge on any atom is -0.497 e. The van der Waals surface area contributed by atoms with Gasteiger partial charge in [0.1, 0.15) is 5.76 Å². The molecule has 7 nitrogen and oxygen atoms in total. The number of carbonyl (C=O) groups excluding carboxylic acids is 1. The highest BCUT2D eigenvalue weighted by Gasteiger charge is 2.54. The highest BCUT2D eigenvalue weighted by molar-refractivity contribution is 6.33. The first-order chi connectivity index (χ1) is 15.8. The van der Waals surface area contributed by atoms with E-state index in [2.05, 4.69) is 54.0 Å². The van der Waals surface area contributed by atoms with Crippen LogP contribution in [0.2, 0.25) is 0 Å². The van der Waals surface area contributed by atoms with Gasteiger partial charge in [0.25, 0.3) is 0 Å². The number of carbonyl (C=O) groups is 1. The standard InChI is InChI=1S/C26H35N5O2.H2/c1-7-20(10-9-19(4)33-6)16-31-24-12-17(2)8-11-21(24)26(25(31)32)13-18(3)29-22(14-26)23(30-27)15-28-5;/h7-12,15,18,22,29H,4,13-14,16,27H2,1-3,5-6H3;1H/b10-9-,20-7+,28-15?,30-23+;/t18-,22-,26+;/m0./s1. The molecule has 1 amide bonds. The lowest BCUT2D eigenvalue weighted by atomic mass is 9.69. The molecule has 1 spiro atoms. The maximum Gasteiger partial charge on any atom is 0.238 e. The third-order valence-corrected chi connectivity index (χ3v) is 6.53. The first-order valence-corrected chi connectivity index (χ1v) is 11.2. The summed E-state index contributed by atoms with van der Waals surface area (Å²) in [5, 5.41) is 7.51. The molecule has 0 bridgehead atoms. The van der Waals surface area contributed by atoms with Gasteiger partial charge < -0.3 is 20.8 Å². The Balaban J connectivity index is 0.00000408. The Labute approximate surface area is 198 Å². The minimum absolute atomic E-state index is 0. The predicted octanol–water partition coefficient (Wildman–Crippen LogP) is 3.64. The molecule has 0 aliphatic carbocycles. The second-order valence-corrected chi connectivity index (χ2v) is 8.83. The monoisotopic (exact) mass is 451 g/mol. The SMILES string of the molecule is C=C(/C=C\C(=C/C)CN1C(=O)[C@]2(C[C@@H](/C(C=NC)=N/N)N[C@@H](C)C2)c2ccc(C)cc21)OC.[HH]. The Morgan fingerprint density at radius 2 is 2.18 bits per heavy atom. The average Bonchev–Trinajstić information content (AvgIpc) is 3.00. The molecule has 178 valence electrons. The van der Waals surface area contributed by atoms with E-state index in [1.54, 1.807) is 20.4 Å². The smallest absolute Gasteiger partial charge is 0.238 e. The third kappa shape index (κ3) is 4.78. The normalized spacial score (nSPS) is 26.0. The van der Waals surface area contributed by atoms with Crippen molar-refractivity contribution >= 4 is 23.5 Å². The average molecular weight is 452 g/mol. The molecule has 2 heterocycles. The summed E-state index contributed by atoms with van der Waals surface area (Å²) in [5.41, 5.74) is 4.18. The number of piperidine rings is 1. The summed E-state index contributed by atoms with van der Waals surface area (Å²) in [6.45, 7) is 10.4. The number of hydrogen-bond acceptors (Lipinski definition) is 6. The second-order valence-electron chi connectivity index (χ2n) is 8.83. The summed E-state index contributed by atoms with van der Waals surface area (Å²) in [7, 11) is 3.28. The fraction of sp³-hybridized carbons (Fsp3) is 0.423. The van der Waals surface area contributed by atoms with Crippen LogP contribution in [0.3, 0.4) is 0 Å². The number of benzene rings is 1. The van der Waals surface area contributed by atoms with Gasteiger partial charge in [-0.15, -0.1) is 0 Å². The largest absolute Gasteiger partial charge is 0.497 e. The number of nitrogens with one attached hydrogen (secondary N) is 1. The number of aliphatic imine (C=N–C) groups is 1. The molecule has 0 saturated carbocycles. The molecule has 2 aliphatic heterocycles. The van der Waals surface area contributed by atoms with Crippen molar-refractivity contribution in [1.29, 1.82) is 0 Å². The lowest BCUT2D eigenvalue weighted by Crippen LogP contribution is -2.57. The molecule has 1 aromatic carbocycles. The number of hydrazone groups is 1. The van der Waals surface area contributed by atoms with Crippen molar-refractivity contribution in [3.8, 4) is 0 Å². The van der Waals surface area contributed by atoms with Crippen molar-refractivity contribution in [2.45, 2.75) is 51.1 Å². The van der Waals surface area contributed by atoms with Crippen molar-refractivity contribution in [3.63, 3.8) is 0 Å². The number of amides is 1. The van der Waals surface area contributed by atoms with E-state index in [1.165, 1.54) is 0 Å². The summed E-state index contributed by atoms with van der Waals surface area (Å²) in [5.74, 6) is 6.36. The van der Waals surface area contributed by atoms with Crippen LogP contribution in [0.5, 0.6) is 0 Å². The van der Waals surface area contributed by atoms with Gasteiger partial charge in [-0.25, -0.2) is 0 Å². The first-order valence-electron chi connectivity index (χ1n) is 11.2. The molecule has 33 heavy (non-hydrogen) atoms. The summed E-state index contributed by atoms with van der Waals surface area (Å²) >= 11 is 0. The number of allylic oxidation sites excluding steroid dienone is 2. The van der Waals surface area contributed by atoms with Crippen LogP contribution in [0.15, 0.2) is 64.4 Å². The molecule has 7 heteroatoms. The Morgan fingerprint density at radius 3 is 2.82 bits per heavy atom. The number of rotatable bonds is 7. The topological polar surface area (TPSA) is 92.3 Å². The van der Waals surface area contributed by atoms with Gasteiger partial charge in [-0.3, -0.25) is 9.79 Å². The van der Waals surface area contributed by atoms with E-state index in [1.807, 2.05) is 30.1 Å². The number of aryl methyl sites for hydroxylation is 1. The van der Waals surface area contributed by atoms with Crippen LogP contribution in [0.4, 0.5) is 5.69 Å². The summed E-state index contributed by atoms with van der Waals surface area (Å²) in [6, 6.07) is 6.26. The number of anilines is 1. The zero-order chi connectivity index (χ0) is 24.2.